The molecule has 1 N–H and O–H groups in total. The van der Waals surface area contributed by atoms with E-state index in [0.29, 0.717) is 11.9 Å². The summed E-state index contributed by atoms with van der Waals surface area (Å²) in [6, 6.07) is 0. The fourth-order valence-electron chi connectivity index (χ4n) is 2.33. The van der Waals surface area contributed by atoms with Crippen molar-refractivity contribution in [3.05, 3.63) is 21.6 Å². The topological polar surface area (TPSA) is 72.2 Å². The summed E-state index contributed by atoms with van der Waals surface area (Å²) in [4.78, 5) is 2.78. The molecule has 0 fully saturated rings. The van der Waals surface area contributed by atoms with Crippen LogP contribution >= 0.6 is 15.9 Å². The molecule has 1 aliphatic heterocycles. The van der Waals surface area contributed by atoms with Gasteiger partial charge in [-0.3, -0.25) is 0 Å². The van der Waals surface area contributed by atoms with E-state index in [1.165, 1.54) is 5.06 Å². The zero-order valence-corrected chi connectivity index (χ0v) is 11.6. The molecule has 0 atom stereocenters. The van der Waals surface area contributed by atoms with Crippen molar-refractivity contribution in [2.24, 2.45) is 5.11 Å². The minimum absolute atomic E-state index is 0.297. The van der Waals surface area contributed by atoms with Crippen molar-refractivity contribution >= 4 is 15.9 Å². The van der Waals surface area contributed by atoms with Crippen molar-refractivity contribution < 1.29 is 5.21 Å². The summed E-state index contributed by atoms with van der Waals surface area (Å²) in [5.74, 6) is 0. The molecule has 5 nitrogen and oxygen atoms in total. The summed E-state index contributed by atoms with van der Waals surface area (Å²) in [5, 5.41) is 15.8. The van der Waals surface area contributed by atoms with Crippen LogP contribution in [0.4, 0.5) is 0 Å². The molecule has 0 aromatic carbocycles. The molecule has 0 bridgehead atoms. The molecule has 1 rings (SSSR count). The van der Waals surface area contributed by atoms with Gasteiger partial charge in [0.2, 0.25) is 0 Å². The van der Waals surface area contributed by atoms with Gasteiger partial charge in [0, 0.05) is 16.8 Å². The maximum absolute atomic E-state index is 10.2. The SMILES string of the molecule is CC1(C)C(CBr)=C(CN=[N+]=[N-])C(C)(C)N1O. The van der Waals surface area contributed by atoms with E-state index in [9.17, 15) is 5.21 Å². The summed E-state index contributed by atoms with van der Waals surface area (Å²) in [6.45, 7) is 8.05. The Balaban J connectivity index is 3.28. The van der Waals surface area contributed by atoms with Gasteiger partial charge in [-0.1, -0.05) is 21.0 Å². The first kappa shape index (κ1) is 13.5. The molecule has 16 heavy (non-hydrogen) atoms. The fraction of sp³-hybridized carbons (Fsp3) is 0.800. The van der Waals surface area contributed by atoms with Crippen molar-refractivity contribution in [2.75, 3.05) is 11.9 Å². The maximum atomic E-state index is 10.2. The van der Waals surface area contributed by atoms with Gasteiger partial charge in [0.25, 0.3) is 0 Å². The molecule has 0 amide bonds. The van der Waals surface area contributed by atoms with Gasteiger partial charge in [0.1, 0.15) is 0 Å². The molecular formula is C10H17BrN4O. The van der Waals surface area contributed by atoms with Gasteiger partial charge in [-0.2, -0.15) is 5.06 Å². The van der Waals surface area contributed by atoms with E-state index in [2.05, 4.69) is 26.0 Å². The quantitative estimate of drug-likeness (QED) is 0.285. The Morgan fingerprint density at radius 1 is 1.31 bits per heavy atom. The van der Waals surface area contributed by atoms with E-state index in [1.54, 1.807) is 0 Å². The van der Waals surface area contributed by atoms with E-state index < -0.39 is 11.1 Å². The van der Waals surface area contributed by atoms with Gasteiger partial charge >= 0.3 is 0 Å². The Labute approximate surface area is 104 Å². The Morgan fingerprint density at radius 2 is 1.81 bits per heavy atom. The number of azide groups is 1. The van der Waals surface area contributed by atoms with Crippen molar-refractivity contribution in [1.29, 1.82) is 0 Å². The van der Waals surface area contributed by atoms with Crippen LogP contribution in [0.2, 0.25) is 0 Å². The van der Waals surface area contributed by atoms with Crippen LogP contribution in [0, 0.1) is 0 Å². The average Bonchev–Trinajstić information content (AvgIpc) is 2.33. The van der Waals surface area contributed by atoms with Gasteiger partial charge in [-0.05, 0) is 44.4 Å². The third-order valence-corrected chi connectivity index (χ3v) is 3.89. The molecule has 0 aromatic rings. The summed E-state index contributed by atoms with van der Waals surface area (Å²) in [5.41, 5.74) is 9.52. The lowest BCUT2D eigenvalue weighted by molar-refractivity contribution is -0.187. The van der Waals surface area contributed by atoms with Crippen LogP contribution in [0.1, 0.15) is 27.7 Å². The summed E-state index contributed by atoms with van der Waals surface area (Å²) in [7, 11) is 0. The van der Waals surface area contributed by atoms with Crippen molar-refractivity contribution in [2.45, 2.75) is 38.8 Å². The lowest BCUT2D eigenvalue weighted by atomic mass is 9.92. The second kappa shape index (κ2) is 4.37. The Hall–Kier alpha value is -0.550. The van der Waals surface area contributed by atoms with Gasteiger partial charge in [-0.15, -0.1) is 0 Å². The van der Waals surface area contributed by atoms with E-state index in [1.807, 2.05) is 27.7 Å². The average molecular weight is 289 g/mol. The maximum Gasteiger partial charge on any atom is 0.0633 e. The molecule has 0 radical (unpaired) electrons. The number of rotatable bonds is 3. The molecule has 0 aliphatic carbocycles. The van der Waals surface area contributed by atoms with Crippen molar-refractivity contribution in [1.82, 2.24) is 5.06 Å². The fourth-order valence-corrected chi connectivity index (χ4v) is 3.35. The molecule has 0 spiro atoms. The second-order valence-electron chi connectivity index (χ2n) is 4.91. The minimum Gasteiger partial charge on any atom is -0.312 e. The third kappa shape index (κ3) is 1.86. The smallest absolute Gasteiger partial charge is 0.0633 e. The number of hydrogen-bond acceptors (Lipinski definition) is 3. The molecular weight excluding hydrogens is 272 g/mol. The number of alkyl halides is 1. The lowest BCUT2D eigenvalue weighted by Crippen LogP contribution is -2.49. The number of hydrogen-bond donors (Lipinski definition) is 1. The first-order chi connectivity index (χ1) is 7.30. The lowest BCUT2D eigenvalue weighted by Gasteiger charge is -2.36. The molecule has 0 unspecified atom stereocenters. The first-order valence-corrected chi connectivity index (χ1v) is 6.21. The second-order valence-corrected chi connectivity index (χ2v) is 5.47. The van der Waals surface area contributed by atoms with Gasteiger partial charge in [-0.25, -0.2) is 0 Å². The van der Waals surface area contributed by atoms with Crippen LogP contribution in [-0.2, 0) is 0 Å². The predicted molar refractivity (Wildman–Crippen MR) is 66.6 cm³/mol. The molecule has 0 aromatic heterocycles. The number of nitrogens with zero attached hydrogens (tertiary/aromatic N) is 4. The summed E-state index contributed by atoms with van der Waals surface area (Å²) >= 11 is 3.43. The van der Waals surface area contributed by atoms with Crippen LogP contribution in [0.5, 0.6) is 0 Å². The van der Waals surface area contributed by atoms with Gasteiger partial charge in [0.05, 0.1) is 11.1 Å². The molecule has 0 saturated carbocycles. The summed E-state index contributed by atoms with van der Waals surface area (Å²) in [6.07, 6.45) is 0. The highest BCUT2D eigenvalue weighted by Gasteiger charge is 2.49. The Kier molecular flexibility index (Phi) is 3.69. The number of halogens is 1. The van der Waals surface area contributed by atoms with Crippen LogP contribution in [0.25, 0.3) is 10.4 Å². The molecule has 6 heteroatoms. The standard InChI is InChI=1S/C10H17BrN4O/c1-9(2)7(5-11)8(6-13-14-12)10(3,4)15(9)16/h16H,5-6H2,1-4H3. The Bertz CT molecular complexity index is 369. The molecule has 0 saturated heterocycles. The third-order valence-electron chi connectivity index (χ3n) is 3.33. The molecule has 90 valence electrons. The van der Waals surface area contributed by atoms with Gasteiger partial charge in [0.15, 0.2) is 0 Å². The van der Waals surface area contributed by atoms with Crippen LogP contribution in [0.3, 0.4) is 0 Å². The zero-order chi connectivity index (χ0) is 12.6. The van der Waals surface area contributed by atoms with Crippen molar-refractivity contribution in [3.8, 4) is 0 Å². The number of hydroxylamine groups is 2. The Morgan fingerprint density at radius 3 is 2.25 bits per heavy atom. The minimum atomic E-state index is -0.499. The van der Waals surface area contributed by atoms with Crippen molar-refractivity contribution in [3.63, 3.8) is 0 Å². The van der Waals surface area contributed by atoms with Gasteiger partial charge < -0.3 is 5.21 Å². The summed E-state index contributed by atoms with van der Waals surface area (Å²) < 4.78 is 0. The highest BCUT2D eigenvalue weighted by atomic mass is 79.9. The zero-order valence-electron chi connectivity index (χ0n) is 10.0. The van der Waals surface area contributed by atoms with Crippen LogP contribution in [-0.4, -0.2) is 33.2 Å². The highest BCUT2D eigenvalue weighted by Crippen LogP contribution is 2.44. The van der Waals surface area contributed by atoms with E-state index in [4.69, 9.17) is 5.53 Å². The van der Waals surface area contributed by atoms with Crippen LogP contribution in [0.15, 0.2) is 16.3 Å². The highest BCUT2D eigenvalue weighted by molar-refractivity contribution is 9.09. The first-order valence-electron chi connectivity index (χ1n) is 5.09. The van der Waals surface area contributed by atoms with E-state index >= 15 is 0 Å². The van der Waals surface area contributed by atoms with E-state index in [0.717, 1.165) is 11.1 Å². The monoisotopic (exact) mass is 288 g/mol. The predicted octanol–water partition coefficient (Wildman–Crippen LogP) is 3.25. The molecule has 1 aliphatic rings. The molecule has 1 heterocycles. The normalized spacial score (nSPS) is 23.4. The largest absolute Gasteiger partial charge is 0.312 e. The van der Waals surface area contributed by atoms with E-state index in [-0.39, 0.29) is 0 Å². The van der Waals surface area contributed by atoms with Crippen LogP contribution < -0.4 is 0 Å².